The molecule has 4 N–H and O–H groups in total. The molecule has 0 aromatic rings. The topological polar surface area (TPSA) is 80.9 Å². The van der Waals surface area contributed by atoms with Crippen molar-refractivity contribution in [3.63, 3.8) is 0 Å². The first-order valence-electron chi connectivity index (χ1n) is 10.4. The van der Waals surface area contributed by atoms with Crippen LogP contribution in [0.4, 0.5) is 0 Å². The Hall–Kier alpha value is -0.160. The fourth-order valence-corrected chi connectivity index (χ4v) is 8.02. The Morgan fingerprint density at radius 1 is 0.880 bits per heavy atom. The molecule has 0 aliphatic heterocycles. The summed E-state index contributed by atoms with van der Waals surface area (Å²) in [6.45, 7) is 6.26. The van der Waals surface area contributed by atoms with Crippen LogP contribution in [0.2, 0.25) is 0 Å². The fraction of sp³-hybridized carbons (Fsp3) is 1.00. The Bertz CT molecular complexity index is 536. The zero-order valence-corrected chi connectivity index (χ0v) is 16.0. The highest BCUT2D eigenvalue weighted by Crippen LogP contribution is 2.68. The van der Waals surface area contributed by atoms with Gasteiger partial charge in [0.1, 0.15) is 0 Å². The van der Waals surface area contributed by atoms with Gasteiger partial charge in [0.15, 0.2) is 0 Å². The van der Waals surface area contributed by atoms with E-state index < -0.39 is 11.7 Å². The van der Waals surface area contributed by atoms with Crippen LogP contribution in [0.15, 0.2) is 0 Å². The van der Waals surface area contributed by atoms with Crippen molar-refractivity contribution < 1.29 is 20.4 Å². The van der Waals surface area contributed by atoms with Gasteiger partial charge in [0, 0.05) is 5.41 Å². The number of aliphatic hydroxyl groups is 4. The summed E-state index contributed by atoms with van der Waals surface area (Å²) in [7, 11) is 0. The lowest BCUT2D eigenvalue weighted by Crippen LogP contribution is -2.61. The summed E-state index contributed by atoms with van der Waals surface area (Å²) >= 11 is 0. The molecule has 25 heavy (non-hydrogen) atoms. The van der Waals surface area contributed by atoms with Gasteiger partial charge in [-0.25, -0.2) is 0 Å². The van der Waals surface area contributed by atoms with Crippen LogP contribution in [0.3, 0.4) is 0 Å². The van der Waals surface area contributed by atoms with Gasteiger partial charge in [0.2, 0.25) is 0 Å². The van der Waals surface area contributed by atoms with E-state index in [0.29, 0.717) is 24.2 Å². The molecule has 4 aliphatic carbocycles. The van der Waals surface area contributed by atoms with Gasteiger partial charge in [0.05, 0.1) is 23.9 Å². The highest BCUT2D eigenvalue weighted by atomic mass is 16.3. The summed E-state index contributed by atoms with van der Waals surface area (Å²) in [6, 6.07) is 0. The van der Waals surface area contributed by atoms with Gasteiger partial charge < -0.3 is 20.4 Å². The Balaban J connectivity index is 1.67. The van der Waals surface area contributed by atoms with Gasteiger partial charge in [0.25, 0.3) is 0 Å². The highest BCUT2D eigenvalue weighted by molar-refractivity contribution is 5.16. The second-order valence-electron chi connectivity index (χ2n) is 10.3. The van der Waals surface area contributed by atoms with E-state index in [1.807, 2.05) is 0 Å². The van der Waals surface area contributed by atoms with E-state index >= 15 is 0 Å². The third-order valence-electron chi connectivity index (χ3n) is 9.56. The van der Waals surface area contributed by atoms with Crippen molar-refractivity contribution in [3.05, 3.63) is 0 Å². The molecule has 4 saturated carbocycles. The van der Waals surface area contributed by atoms with Crippen LogP contribution in [0.25, 0.3) is 0 Å². The Morgan fingerprint density at radius 3 is 2.24 bits per heavy atom. The molecule has 0 radical (unpaired) electrons. The van der Waals surface area contributed by atoms with Crippen LogP contribution in [0.5, 0.6) is 0 Å². The molecular weight excluding hydrogens is 316 g/mol. The van der Waals surface area contributed by atoms with Crippen molar-refractivity contribution >= 4 is 0 Å². The van der Waals surface area contributed by atoms with E-state index in [-0.39, 0.29) is 29.0 Å². The van der Waals surface area contributed by atoms with Gasteiger partial charge in [-0.05, 0) is 87.4 Å². The number of hydrogen-bond acceptors (Lipinski definition) is 4. The SMILES string of the molecule is CC(O)[C@@]1(O)CCC2C3C[C@H](O)C4C[C@H](O)CCC4(C)C3CCC21C. The summed E-state index contributed by atoms with van der Waals surface area (Å²) in [5.41, 5.74) is -1.14. The smallest absolute Gasteiger partial charge is 0.0958 e. The van der Waals surface area contributed by atoms with Crippen molar-refractivity contribution in [2.24, 2.45) is 34.5 Å². The van der Waals surface area contributed by atoms with Crippen molar-refractivity contribution in [2.45, 2.75) is 96.1 Å². The van der Waals surface area contributed by atoms with Crippen LogP contribution in [0.1, 0.15) is 72.1 Å². The summed E-state index contributed by atoms with van der Waals surface area (Å²) in [4.78, 5) is 0. The maximum absolute atomic E-state index is 11.3. The van der Waals surface area contributed by atoms with Crippen LogP contribution in [-0.4, -0.2) is 44.3 Å². The molecule has 4 nitrogen and oxygen atoms in total. The minimum atomic E-state index is -0.992. The second-order valence-corrected chi connectivity index (χ2v) is 10.3. The maximum atomic E-state index is 11.3. The Morgan fingerprint density at radius 2 is 1.56 bits per heavy atom. The number of fused-ring (bicyclic) bond motifs is 5. The molecule has 4 aliphatic rings. The van der Waals surface area contributed by atoms with E-state index in [4.69, 9.17) is 0 Å². The van der Waals surface area contributed by atoms with Crippen molar-refractivity contribution in [2.75, 3.05) is 0 Å². The Kier molecular flexibility index (Phi) is 4.13. The molecule has 0 bridgehead atoms. The van der Waals surface area contributed by atoms with Crippen LogP contribution in [-0.2, 0) is 0 Å². The molecule has 0 aromatic carbocycles. The van der Waals surface area contributed by atoms with E-state index in [2.05, 4.69) is 13.8 Å². The van der Waals surface area contributed by atoms with Crippen molar-refractivity contribution in [3.8, 4) is 0 Å². The standard InChI is InChI=1S/C21H36O4/c1-12(22)21(25)9-6-16-14-11-18(24)17-10-13(23)4-7-19(17,2)15(14)5-8-20(16,21)3/h12-18,22-25H,4-11H2,1-3H3/t12?,13-,14?,15?,16?,17?,18+,19?,20?,21+/m1/s1. The predicted octanol–water partition coefficient (Wildman–Crippen LogP) is 2.47. The first-order valence-corrected chi connectivity index (χ1v) is 10.4. The molecule has 0 amide bonds. The molecule has 4 fully saturated rings. The molecule has 0 spiro atoms. The van der Waals surface area contributed by atoms with Gasteiger partial charge in [-0.2, -0.15) is 0 Å². The average molecular weight is 353 g/mol. The zero-order chi connectivity index (χ0) is 18.2. The fourth-order valence-electron chi connectivity index (χ4n) is 8.02. The molecule has 0 heterocycles. The van der Waals surface area contributed by atoms with Crippen LogP contribution in [0, 0.1) is 34.5 Å². The molecule has 7 unspecified atom stereocenters. The molecule has 10 atom stereocenters. The molecule has 144 valence electrons. The maximum Gasteiger partial charge on any atom is 0.0958 e. The number of rotatable bonds is 1. The lowest BCUT2D eigenvalue weighted by atomic mass is 9.43. The number of hydrogen-bond donors (Lipinski definition) is 4. The lowest BCUT2D eigenvalue weighted by Gasteiger charge is -2.62. The summed E-state index contributed by atoms with van der Waals surface area (Å²) in [6.07, 6.45) is 5.73. The summed E-state index contributed by atoms with van der Waals surface area (Å²) < 4.78 is 0. The van der Waals surface area contributed by atoms with Gasteiger partial charge in [-0.3, -0.25) is 0 Å². The zero-order valence-electron chi connectivity index (χ0n) is 16.0. The van der Waals surface area contributed by atoms with E-state index in [0.717, 1.165) is 44.9 Å². The van der Waals surface area contributed by atoms with Crippen LogP contribution >= 0.6 is 0 Å². The summed E-state index contributed by atoms with van der Waals surface area (Å²) in [5.74, 6) is 1.59. The second kappa shape index (κ2) is 5.67. The van der Waals surface area contributed by atoms with Gasteiger partial charge in [-0.1, -0.05) is 13.8 Å². The normalized spacial score (nSPS) is 59.6. The van der Waals surface area contributed by atoms with Gasteiger partial charge in [-0.15, -0.1) is 0 Å². The molecular formula is C21H36O4. The molecule has 0 aromatic heterocycles. The van der Waals surface area contributed by atoms with Crippen molar-refractivity contribution in [1.82, 2.24) is 0 Å². The van der Waals surface area contributed by atoms with Crippen LogP contribution < -0.4 is 0 Å². The average Bonchev–Trinajstić information content (AvgIpc) is 2.83. The third kappa shape index (κ3) is 2.27. The monoisotopic (exact) mass is 352 g/mol. The first-order chi connectivity index (χ1) is 11.6. The number of aliphatic hydroxyl groups excluding tert-OH is 3. The Labute approximate surface area is 151 Å². The third-order valence-corrected chi connectivity index (χ3v) is 9.56. The largest absolute Gasteiger partial charge is 0.393 e. The minimum absolute atomic E-state index is 0.106. The lowest BCUT2D eigenvalue weighted by molar-refractivity contribution is -0.203. The van der Waals surface area contributed by atoms with Crippen molar-refractivity contribution in [1.29, 1.82) is 0 Å². The van der Waals surface area contributed by atoms with E-state index in [1.165, 1.54) is 0 Å². The molecule has 0 saturated heterocycles. The van der Waals surface area contributed by atoms with E-state index in [9.17, 15) is 20.4 Å². The van der Waals surface area contributed by atoms with Gasteiger partial charge >= 0.3 is 0 Å². The minimum Gasteiger partial charge on any atom is -0.393 e. The quantitative estimate of drug-likeness (QED) is 0.584. The molecule has 4 rings (SSSR count). The van der Waals surface area contributed by atoms with E-state index in [1.54, 1.807) is 6.92 Å². The predicted molar refractivity (Wildman–Crippen MR) is 95.8 cm³/mol. The highest BCUT2D eigenvalue weighted by Gasteiger charge is 2.66. The first kappa shape index (κ1) is 18.2. The summed E-state index contributed by atoms with van der Waals surface area (Å²) in [5, 5.41) is 42.6. The molecule has 4 heteroatoms.